The minimum Gasteiger partial charge on any atom is -0.489 e. The highest BCUT2D eigenvalue weighted by atomic mass is 35.5. The monoisotopic (exact) mass is 278 g/mol. The van der Waals surface area contributed by atoms with Crippen LogP contribution < -0.4 is 9.47 Å². The number of hydrogen-bond donors (Lipinski definition) is 1. The Kier molecular flexibility index (Phi) is 4.26. The fraction of sp³-hybridized carbons (Fsp3) is 0.0714. The summed E-state index contributed by atoms with van der Waals surface area (Å²) in [6.07, 6.45) is -1.34. The summed E-state index contributed by atoms with van der Waals surface area (Å²) in [7, 11) is 0. The molecule has 4 nitrogen and oxygen atoms in total. The molecular weight excluding hydrogens is 268 g/mol. The van der Waals surface area contributed by atoms with Crippen molar-refractivity contribution in [3.05, 3.63) is 59.1 Å². The predicted octanol–water partition coefficient (Wildman–Crippen LogP) is 3.98. The van der Waals surface area contributed by atoms with Gasteiger partial charge in [-0.15, -0.1) is 0 Å². The lowest BCUT2D eigenvalue weighted by atomic mass is 10.2. The Labute approximate surface area is 115 Å². The molecule has 0 amide bonds. The van der Waals surface area contributed by atoms with Crippen molar-refractivity contribution in [2.24, 2.45) is 0 Å². The van der Waals surface area contributed by atoms with Crippen LogP contribution in [0.3, 0.4) is 0 Å². The fourth-order valence-electron chi connectivity index (χ4n) is 1.45. The van der Waals surface area contributed by atoms with Gasteiger partial charge in [-0.05, 0) is 42.0 Å². The maximum Gasteiger partial charge on any atom is 0.511 e. The van der Waals surface area contributed by atoms with Crippen molar-refractivity contribution in [2.45, 2.75) is 6.61 Å². The number of hydrogen-bond acceptors (Lipinski definition) is 3. The summed E-state index contributed by atoms with van der Waals surface area (Å²) < 4.78 is 10.0. The summed E-state index contributed by atoms with van der Waals surface area (Å²) in [5, 5.41) is 9.13. The predicted molar refractivity (Wildman–Crippen MR) is 70.9 cm³/mol. The number of halogens is 1. The molecule has 98 valence electrons. The molecule has 1 N–H and O–H groups in total. The molecule has 0 fully saturated rings. The number of rotatable bonds is 4. The molecule has 0 atom stereocenters. The van der Waals surface area contributed by atoms with E-state index in [2.05, 4.69) is 4.74 Å². The van der Waals surface area contributed by atoms with Crippen molar-refractivity contribution in [1.29, 1.82) is 0 Å². The van der Waals surface area contributed by atoms with Gasteiger partial charge in [0.25, 0.3) is 0 Å². The van der Waals surface area contributed by atoms with E-state index in [0.717, 1.165) is 5.56 Å². The molecule has 2 aromatic carbocycles. The Bertz CT molecular complexity index is 549. The van der Waals surface area contributed by atoms with E-state index in [4.69, 9.17) is 21.4 Å². The van der Waals surface area contributed by atoms with E-state index in [1.165, 1.54) is 12.1 Å². The maximum atomic E-state index is 10.3. The Morgan fingerprint density at radius 1 is 1.00 bits per heavy atom. The first-order valence-corrected chi connectivity index (χ1v) is 5.89. The zero-order chi connectivity index (χ0) is 13.7. The van der Waals surface area contributed by atoms with Crippen molar-refractivity contribution in [3.63, 3.8) is 0 Å². The van der Waals surface area contributed by atoms with Gasteiger partial charge < -0.3 is 14.6 Å². The minimum absolute atomic E-state index is 0.256. The normalized spacial score (nSPS) is 9.95. The van der Waals surface area contributed by atoms with E-state index in [9.17, 15) is 4.79 Å². The molecule has 2 rings (SSSR count). The van der Waals surface area contributed by atoms with Crippen LogP contribution in [0.25, 0.3) is 0 Å². The second-order valence-corrected chi connectivity index (χ2v) is 4.19. The summed E-state index contributed by atoms with van der Waals surface area (Å²) in [6.45, 7) is 0.413. The van der Waals surface area contributed by atoms with E-state index in [1.807, 2.05) is 12.1 Å². The zero-order valence-electron chi connectivity index (χ0n) is 9.88. The minimum atomic E-state index is -1.34. The molecule has 0 aromatic heterocycles. The van der Waals surface area contributed by atoms with Gasteiger partial charge in [-0.1, -0.05) is 23.7 Å². The molecular formula is C14H11ClO4. The Morgan fingerprint density at radius 3 is 2.16 bits per heavy atom. The van der Waals surface area contributed by atoms with Gasteiger partial charge in [0.15, 0.2) is 0 Å². The average molecular weight is 279 g/mol. The second-order valence-electron chi connectivity index (χ2n) is 3.75. The molecule has 0 aliphatic rings. The average Bonchev–Trinajstić information content (AvgIpc) is 2.39. The summed E-state index contributed by atoms with van der Waals surface area (Å²) >= 11 is 5.79. The van der Waals surface area contributed by atoms with Crippen molar-refractivity contribution < 1.29 is 19.4 Å². The zero-order valence-corrected chi connectivity index (χ0v) is 10.6. The number of carbonyl (C=O) groups is 1. The molecule has 19 heavy (non-hydrogen) atoms. The Balaban J connectivity index is 1.92. The van der Waals surface area contributed by atoms with E-state index < -0.39 is 6.16 Å². The van der Waals surface area contributed by atoms with Gasteiger partial charge in [-0.2, -0.15) is 0 Å². The lowest BCUT2D eigenvalue weighted by Gasteiger charge is -2.07. The summed E-state index contributed by atoms with van der Waals surface area (Å²) in [5.41, 5.74) is 0.996. The lowest BCUT2D eigenvalue weighted by molar-refractivity contribution is 0.144. The summed E-state index contributed by atoms with van der Waals surface area (Å²) in [6, 6.07) is 13.7. The Hall–Kier alpha value is -2.20. The molecule has 0 aliphatic carbocycles. The number of benzene rings is 2. The molecule has 0 radical (unpaired) electrons. The van der Waals surface area contributed by atoms with Crippen LogP contribution in [0.5, 0.6) is 11.5 Å². The van der Waals surface area contributed by atoms with Crippen LogP contribution in [0, 0.1) is 0 Å². The summed E-state index contributed by atoms with van der Waals surface area (Å²) in [4.78, 5) is 10.3. The molecule has 0 unspecified atom stereocenters. The topological polar surface area (TPSA) is 55.8 Å². The highest BCUT2D eigenvalue weighted by Crippen LogP contribution is 2.19. The smallest absolute Gasteiger partial charge is 0.489 e. The van der Waals surface area contributed by atoms with Gasteiger partial charge in [0.2, 0.25) is 0 Å². The molecule has 2 aromatic rings. The third-order valence-corrected chi connectivity index (χ3v) is 2.60. The van der Waals surface area contributed by atoms with Gasteiger partial charge in [0.1, 0.15) is 18.1 Å². The highest BCUT2D eigenvalue weighted by Gasteiger charge is 2.01. The van der Waals surface area contributed by atoms with E-state index >= 15 is 0 Å². The van der Waals surface area contributed by atoms with Crippen molar-refractivity contribution in [1.82, 2.24) is 0 Å². The van der Waals surface area contributed by atoms with Crippen molar-refractivity contribution in [2.75, 3.05) is 0 Å². The van der Waals surface area contributed by atoms with Crippen LogP contribution in [0.1, 0.15) is 5.56 Å². The second kappa shape index (κ2) is 6.11. The molecule has 0 bridgehead atoms. The van der Waals surface area contributed by atoms with Gasteiger partial charge in [0, 0.05) is 5.02 Å². The summed E-state index contributed by atoms with van der Waals surface area (Å²) in [5.74, 6) is 0.888. The quantitative estimate of drug-likeness (QED) is 0.679. The van der Waals surface area contributed by atoms with Crippen LogP contribution in [-0.2, 0) is 6.61 Å². The van der Waals surface area contributed by atoms with Crippen LogP contribution in [0.15, 0.2) is 48.5 Å². The van der Waals surface area contributed by atoms with Crippen molar-refractivity contribution in [3.8, 4) is 11.5 Å². The first-order chi connectivity index (χ1) is 9.13. The van der Waals surface area contributed by atoms with Crippen molar-refractivity contribution >= 4 is 17.8 Å². The SMILES string of the molecule is O=C(O)Oc1ccc(OCc2ccc(Cl)cc2)cc1. The maximum absolute atomic E-state index is 10.3. The Morgan fingerprint density at radius 2 is 1.58 bits per heavy atom. The largest absolute Gasteiger partial charge is 0.511 e. The van der Waals surface area contributed by atoms with Crippen LogP contribution in [0.4, 0.5) is 4.79 Å². The molecule has 0 saturated carbocycles. The fourth-order valence-corrected chi connectivity index (χ4v) is 1.58. The van der Waals surface area contributed by atoms with E-state index in [-0.39, 0.29) is 5.75 Å². The van der Waals surface area contributed by atoms with Crippen LogP contribution in [-0.4, -0.2) is 11.3 Å². The standard InChI is InChI=1S/C14H11ClO4/c15-11-3-1-10(2-4-11)9-18-12-5-7-13(8-6-12)19-14(16)17/h1-8H,9H2,(H,16,17). The highest BCUT2D eigenvalue weighted by molar-refractivity contribution is 6.30. The van der Waals surface area contributed by atoms with Gasteiger partial charge in [-0.3, -0.25) is 0 Å². The third kappa shape index (κ3) is 4.19. The molecule has 0 saturated heterocycles. The van der Waals surface area contributed by atoms with E-state index in [1.54, 1.807) is 24.3 Å². The van der Waals surface area contributed by atoms with Crippen LogP contribution in [0.2, 0.25) is 5.02 Å². The number of carboxylic acid groups (broad SMARTS) is 1. The first-order valence-electron chi connectivity index (χ1n) is 5.51. The molecule has 5 heteroatoms. The van der Waals surface area contributed by atoms with E-state index in [0.29, 0.717) is 17.4 Å². The first kappa shape index (κ1) is 13.2. The van der Waals surface area contributed by atoms with Gasteiger partial charge >= 0.3 is 6.16 Å². The molecule has 0 spiro atoms. The lowest BCUT2D eigenvalue weighted by Crippen LogP contribution is -2.02. The van der Waals surface area contributed by atoms with Gasteiger partial charge in [-0.25, -0.2) is 4.79 Å². The van der Waals surface area contributed by atoms with Crippen LogP contribution >= 0.6 is 11.6 Å². The molecule has 0 aliphatic heterocycles. The van der Waals surface area contributed by atoms with Gasteiger partial charge in [0.05, 0.1) is 0 Å². The molecule has 0 heterocycles. The number of ether oxygens (including phenoxy) is 2. The third-order valence-electron chi connectivity index (χ3n) is 2.35.